The van der Waals surface area contributed by atoms with E-state index in [9.17, 15) is 4.79 Å². The molecular formula is C22H27N3O. The number of rotatable bonds is 8. The highest BCUT2D eigenvalue weighted by Crippen LogP contribution is 2.18. The van der Waals surface area contributed by atoms with Gasteiger partial charge in [-0.25, -0.2) is 0 Å². The zero-order chi connectivity index (χ0) is 18.9. The molecule has 0 saturated heterocycles. The number of hydrogen-bond acceptors (Lipinski definition) is 3. The molecule has 0 spiro atoms. The van der Waals surface area contributed by atoms with Crippen LogP contribution in [-0.2, 0) is 17.6 Å². The number of hydrogen-bond donors (Lipinski definition) is 1. The Morgan fingerprint density at radius 2 is 1.69 bits per heavy atom. The van der Waals surface area contributed by atoms with Crippen LogP contribution in [0.2, 0.25) is 0 Å². The Morgan fingerprint density at radius 1 is 1.08 bits per heavy atom. The van der Waals surface area contributed by atoms with E-state index in [0.29, 0.717) is 24.9 Å². The summed E-state index contributed by atoms with van der Waals surface area (Å²) >= 11 is 0. The molecule has 1 amide bonds. The van der Waals surface area contributed by atoms with Crippen molar-refractivity contribution in [1.82, 2.24) is 10.2 Å². The van der Waals surface area contributed by atoms with Gasteiger partial charge in [0, 0.05) is 13.0 Å². The number of nitrogens with zero attached hydrogens (tertiary/aromatic N) is 2. The summed E-state index contributed by atoms with van der Waals surface area (Å²) in [6.07, 6.45) is 2.15. The lowest BCUT2D eigenvalue weighted by Gasteiger charge is -2.25. The van der Waals surface area contributed by atoms with Crippen LogP contribution in [0.25, 0.3) is 0 Å². The first-order valence-corrected chi connectivity index (χ1v) is 9.04. The van der Waals surface area contributed by atoms with Crippen molar-refractivity contribution in [1.29, 1.82) is 5.26 Å². The average Bonchev–Trinajstić information content (AvgIpc) is 2.67. The predicted octanol–water partition coefficient (Wildman–Crippen LogP) is 3.47. The zero-order valence-corrected chi connectivity index (χ0v) is 15.8. The molecule has 136 valence electrons. The van der Waals surface area contributed by atoms with Gasteiger partial charge >= 0.3 is 0 Å². The van der Waals surface area contributed by atoms with Crippen LogP contribution < -0.4 is 5.32 Å². The molecule has 0 saturated carbocycles. The summed E-state index contributed by atoms with van der Waals surface area (Å²) in [5, 5.41) is 11.9. The normalized spacial score (nSPS) is 11.8. The van der Waals surface area contributed by atoms with Crippen LogP contribution in [0.4, 0.5) is 0 Å². The molecule has 0 radical (unpaired) electrons. The van der Waals surface area contributed by atoms with Crippen LogP contribution in [-0.4, -0.2) is 31.4 Å². The molecule has 0 aliphatic heterocycles. The standard InChI is InChI=1S/C22H27N3O/c1-4-17-9-12-20(13-10-17)21(25(2)3)16-24-22(26)14-11-18-5-7-19(15-23)8-6-18/h5-10,12-13,21H,4,11,14,16H2,1-3H3,(H,24,26). The van der Waals surface area contributed by atoms with E-state index in [2.05, 4.69) is 47.5 Å². The maximum absolute atomic E-state index is 12.2. The maximum Gasteiger partial charge on any atom is 0.220 e. The molecule has 2 rings (SSSR count). The minimum Gasteiger partial charge on any atom is -0.354 e. The Kier molecular flexibility index (Phi) is 7.37. The molecular weight excluding hydrogens is 322 g/mol. The topological polar surface area (TPSA) is 56.1 Å². The molecule has 0 bridgehead atoms. The van der Waals surface area contributed by atoms with E-state index in [1.54, 1.807) is 12.1 Å². The molecule has 2 aromatic carbocycles. The molecule has 1 atom stereocenters. The first-order chi connectivity index (χ1) is 12.5. The number of likely N-dealkylation sites (N-methyl/N-ethyl adjacent to an activating group) is 1. The second-order valence-corrected chi connectivity index (χ2v) is 6.69. The minimum absolute atomic E-state index is 0.0476. The van der Waals surface area contributed by atoms with Crippen LogP contribution in [0.5, 0.6) is 0 Å². The fraction of sp³-hybridized carbons (Fsp3) is 0.364. The molecule has 0 aliphatic rings. The monoisotopic (exact) mass is 349 g/mol. The lowest BCUT2D eigenvalue weighted by Crippen LogP contribution is -2.34. The third-order valence-corrected chi connectivity index (χ3v) is 4.61. The molecule has 1 N–H and O–H groups in total. The fourth-order valence-corrected chi connectivity index (χ4v) is 2.88. The van der Waals surface area contributed by atoms with Gasteiger partial charge in [0.25, 0.3) is 0 Å². The minimum atomic E-state index is 0.0476. The van der Waals surface area contributed by atoms with E-state index in [0.717, 1.165) is 12.0 Å². The third-order valence-electron chi connectivity index (χ3n) is 4.61. The highest BCUT2D eigenvalue weighted by molar-refractivity contribution is 5.76. The van der Waals surface area contributed by atoms with Crippen molar-refractivity contribution in [3.63, 3.8) is 0 Å². The van der Waals surface area contributed by atoms with Gasteiger partial charge in [-0.2, -0.15) is 5.26 Å². The van der Waals surface area contributed by atoms with Gasteiger partial charge < -0.3 is 10.2 Å². The summed E-state index contributed by atoms with van der Waals surface area (Å²) in [6.45, 7) is 2.73. The lowest BCUT2D eigenvalue weighted by atomic mass is 10.0. The van der Waals surface area contributed by atoms with Gasteiger partial charge in [0.05, 0.1) is 17.7 Å². The van der Waals surface area contributed by atoms with Crippen LogP contribution >= 0.6 is 0 Å². The Hall–Kier alpha value is -2.64. The Labute approximate surface area is 156 Å². The lowest BCUT2D eigenvalue weighted by molar-refractivity contribution is -0.121. The van der Waals surface area contributed by atoms with Gasteiger partial charge in [0.1, 0.15) is 0 Å². The molecule has 4 heteroatoms. The van der Waals surface area contributed by atoms with E-state index < -0.39 is 0 Å². The van der Waals surface area contributed by atoms with Crippen molar-refractivity contribution < 1.29 is 4.79 Å². The average molecular weight is 349 g/mol. The van der Waals surface area contributed by atoms with E-state index in [-0.39, 0.29) is 11.9 Å². The van der Waals surface area contributed by atoms with Crippen LogP contribution in [0, 0.1) is 11.3 Å². The van der Waals surface area contributed by atoms with Crippen molar-refractivity contribution >= 4 is 5.91 Å². The first-order valence-electron chi connectivity index (χ1n) is 9.04. The van der Waals surface area contributed by atoms with E-state index >= 15 is 0 Å². The van der Waals surface area contributed by atoms with Crippen molar-refractivity contribution in [3.8, 4) is 6.07 Å². The summed E-state index contributed by atoms with van der Waals surface area (Å²) < 4.78 is 0. The number of aryl methyl sites for hydroxylation is 2. The van der Waals surface area contributed by atoms with Gasteiger partial charge in [-0.3, -0.25) is 4.79 Å². The van der Waals surface area contributed by atoms with Crippen LogP contribution in [0.15, 0.2) is 48.5 Å². The Balaban J connectivity index is 1.87. The number of carbonyl (C=O) groups excluding carboxylic acids is 1. The van der Waals surface area contributed by atoms with Crippen molar-refractivity contribution in [2.24, 2.45) is 0 Å². The highest BCUT2D eigenvalue weighted by atomic mass is 16.1. The summed E-state index contributed by atoms with van der Waals surface area (Å²) in [5.74, 6) is 0.0476. The first kappa shape index (κ1) is 19.7. The highest BCUT2D eigenvalue weighted by Gasteiger charge is 2.15. The number of benzene rings is 2. The fourth-order valence-electron chi connectivity index (χ4n) is 2.88. The molecule has 0 aromatic heterocycles. The largest absolute Gasteiger partial charge is 0.354 e. The SMILES string of the molecule is CCc1ccc(C(CNC(=O)CCc2ccc(C#N)cc2)N(C)C)cc1. The Bertz CT molecular complexity index is 742. The van der Waals surface area contributed by atoms with Gasteiger partial charge in [-0.1, -0.05) is 43.3 Å². The second-order valence-electron chi connectivity index (χ2n) is 6.69. The second kappa shape index (κ2) is 9.74. The quantitative estimate of drug-likeness (QED) is 0.794. The number of nitriles is 1. The van der Waals surface area contributed by atoms with Crippen LogP contribution in [0.3, 0.4) is 0 Å². The van der Waals surface area contributed by atoms with Gasteiger partial charge in [-0.05, 0) is 55.8 Å². The van der Waals surface area contributed by atoms with Crippen molar-refractivity contribution in [2.75, 3.05) is 20.6 Å². The summed E-state index contributed by atoms with van der Waals surface area (Å²) in [5.41, 5.74) is 4.23. The van der Waals surface area contributed by atoms with E-state index in [1.165, 1.54) is 11.1 Å². The third kappa shape index (κ3) is 5.72. The van der Waals surface area contributed by atoms with Gasteiger partial charge in [0.15, 0.2) is 0 Å². The van der Waals surface area contributed by atoms with Crippen molar-refractivity contribution in [3.05, 3.63) is 70.8 Å². The number of nitrogens with one attached hydrogen (secondary N) is 1. The van der Waals surface area contributed by atoms with Gasteiger partial charge in [0.2, 0.25) is 5.91 Å². The zero-order valence-electron chi connectivity index (χ0n) is 15.8. The number of amides is 1. The molecule has 26 heavy (non-hydrogen) atoms. The van der Waals surface area contributed by atoms with Crippen LogP contribution in [0.1, 0.15) is 41.6 Å². The smallest absolute Gasteiger partial charge is 0.220 e. The molecule has 0 heterocycles. The van der Waals surface area contributed by atoms with E-state index in [1.807, 2.05) is 26.2 Å². The summed E-state index contributed by atoms with van der Waals surface area (Å²) in [7, 11) is 4.06. The molecule has 0 fully saturated rings. The molecule has 2 aromatic rings. The number of carbonyl (C=O) groups is 1. The molecule has 0 aliphatic carbocycles. The van der Waals surface area contributed by atoms with E-state index in [4.69, 9.17) is 5.26 Å². The summed E-state index contributed by atoms with van der Waals surface area (Å²) in [4.78, 5) is 14.3. The Morgan fingerprint density at radius 3 is 2.23 bits per heavy atom. The summed E-state index contributed by atoms with van der Waals surface area (Å²) in [6, 6.07) is 18.2. The maximum atomic E-state index is 12.2. The molecule has 1 unspecified atom stereocenters. The molecule has 4 nitrogen and oxygen atoms in total. The van der Waals surface area contributed by atoms with Gasteiger partial charge in [-0.15, -0.1) is 0 Å². The predicted molar refractivity (Wildman–Crippen MR) is 105 cm³/mol. The van der Waals surface area contributed by atoms with Crippen molar-refractivity contribution in [2.45, 2.75) is 32.2 Å².